The van der Waals surface area contributed by atoms with Gasteiger partial charge in [-0.05, 0) is 80.5 Å². The van der Waals surface area contributed by atoms with Crippen molar-refractivity contribution in [2.75, 3.05) is 13.2 Å². The van der Waals surface area contributed by atoms with Crippen LogP contribution >= 0.6 is 27.5 Å². The summed E-state index contributed by atoms with van der Waals surface area (Å²) in [4.78, 5) is 12.3. The molecule has 1 fully saturated rings. The van der Waals surface area contributed by atoms with Gasteiger partial charge in [0.05, 0.1) is 17.4 Å². The number of benzene rings is 2. The summed E-state index contributed by atoms with van der Waals surface area (Å²) in [5, 5.41) is 0.614. The van der Waals surface area contributed by atoms with E-state index in [-0.39, 0.29) is 29.2 Å². The fraction of sp³-hybridized carbons (Fsp3) is 0.435. The van der Waals surface area contributed by atoms with Crippen molar-refractivity contribution >= 4 is 43.5 Å². The lowest BCUT2D eigenvalue weighted by molar-refractivity contribution is -0.149. The third-order valence-corrected chi connectivity index (χ3v) is 8.26. The van der Waals surface area contributed by atoms with Crippen LogP contribution < -0.4 is 0 Å². The Morgan fingerprint density at radius 2 is 1.68 bits per heavy atom. The van der Waals surface area contributed by atoms with Crippen molar-refractivity contribution in [3.8, 4) is 0 Å². The molecule has 0 aromatic heterocycles. The highest BCUT2D eigenvalue weighted by Crippen LogP contribution is 2.32. The normalized spacial score (nSPS) is 19.4. The first-order valence-electron chi connectivity index (χ1n) is 10.5. The number of carbonyl (C=O) groups is 1. The minimum atomic E-state index is -3.68. The minimum absolute atomic E-state index is 0.0796. The van der Waals surface area contributed by atoms with Crippen molar-refractivity contribution < 1.29 is 17.9 Å². The smallest absolute Gasteiger partial charge is 0.308 e. The van der Waals surface area contributed by atoms with Crippen LogP contribution in [0.25, 0.3) is 0 Å². The SMILES string of the molecule is CCOC(=O)C1CCC(CN(Cc2ccc(Cl)cc2)S(=O)(=O)c2ccc(Br)cc2)CC1. The monoisotopic (exact) mass is 527 g/mol. The van der Waals surface area contributed by atoms with Gasteiger partial charge in [-0.3, -0.25) is 4.79 Å². The molecule has 8 heteroatoms. The molecule has 0 aliphatic heterocycles. The second kappa shape index (κ2) is 10.9. The number of sulfonamides is 1. The molecule has 31 heavy (non-hydrogen) atoms. The van der Waals surface area contributed by atoms with Crippen molar-refractivity contribution in [2.24, 2.45) is 11.8 Å². The molecule has 0 heterocycles. The lowest BCUT2D eigenvalue weighted by atomic mass is 9.82. The molecule has 2 aromatic carbocycles. The summed E-state index contributed by atoms with van der Waals surface area (Å²) in [5.74, 6) is -0.0198. The van der Waals surface area contributed by atoms with E-state index in [1.54, 1.807) is 40.7 Å². The quantitative estimate of drug-likeness (QED) is 0.415. The number of carbonyl (C=O) groups excluding carboxylic acids is 1. The van der Waals surface area contributed by atoms with Gasteiger partial charge in [0.25, 0.3) is 0 Å². The highest BCUT2D eigenvalue weighted by molar-refractivity contribution is 9.10. The van der Waals surface area contributed by atoms with Gasteiger partial charge in [-0.15, -0.1) is 0 Å². The van der Waals surface area contributed by atoms with Crippen LogP contribution in [-0.2, 0) is 26.1 Å². The van der Waals surface area contributed by atoms with Crippen LogP contribution in [0.4, 0.5) is 0 Å². The zero-order valence-corrected chi connectivity index (χ0v) is 20.6. The van der Waals surface area contributed by atoms with Gasteiger partial charge in [0.2, 0.25) is 10.0 Å². The molecule has 0 N–H and O–H groups in total. The summed E-state index contributed by atoms with van der Waals surface area (Å²) in [5.41, 5.74) is 0.880. The summed E-state index contributed by atoms with van der Waals surface area (Å²) in [6.45, 7) is 2.88. The van der Waals surface area contributed by atoms with Crippen LogP contribution in [0.3, 0.4) is 0 Å². The Labute approximate surface area is 197 Å². The first-order valence-corrected chi connectivity index (χ1v) is 13.1. The molecule has 0 unspecified atom stereocenters. The van der Waals surface area contributed by atoms with E-state index >= 15 is 0 Å². The fourth-order valence-electron chi connectivity index (χ4n) is 3.93. The third-order valence-electron chi connectivity index (χ3n) is 5.65. The van der Waals surface area contributed by atoms with Crippen molar-refractivity contribution in [2.45, 2.75) is 44.0 Å². The first kappa shape index (κ1) is 24.2. The number of rotatable bonds is 8. The molecule has 0 spiro atoms. The van der Waals surface area contributed by atoms with Gasteiger partial charge >= 0.3 is 5.97 Å². The summed E-state index contributed by atoms with van der Waals surface area (Å²) >= 11 is 9.35. The third kappa shape index (κ3) is 6.54. The van der Waals surface area contributed by atoms with Crippen LogP contribution in [0.15, 0.2) is 57.9 Å². The Hall–Kier alpha value is -1.41. The molecule has 5 nitrogen and oxygen atoms in total. The number of halogens is 2. The molecule has 1 saturated carbocycles. The molecule has 0 bridgehead atoms. The van der Waals surface area contributed by atoms with Crippen LogP contribution in [0.5, 0.6) is 0 Å². The van der Waals surface area contributed by atoms with Crippen molar-refractivity contribution in [3.63, 3.8) is 0 Å². The van der Waals surface area contributed by atoms with Gasteiger partial charge < -0.3 is 4.74 Å². The highest BCUT2D eigenvalue weighted by atomic mass is 79.9. The average molecular weight is 529 g/mol. The molecule has 0 atom stereocenters. The molecule has 168 valence electrons. The summed E-state index contributed by atoms with van der Waals surface area (Å²) < 4.78 is 34.4. The van der Waals surface area contributed by atoms with Gasteiger partial charge in [0.1, 0.15) is 0 Å². The molecule has 2 aromatic rings. The second-order valence-corrected chi connectivity index (χ2v) is 11.1. The van der Waals surface area contributed by atoms with E-state index in [9.17, 15) is 13.2 Å². The molecule has 0 amide bonds. The topological polar surface area (TPSA) is 63.7 Å². The largest absolute Gasteiger partial charge is 0.466 e. The molecular weight excluding hydrogens is 502 g/mol. The number of hydrogen-bond donors (Lipinski definition) is 0. The van der Waals surface area contributed by atoms with Crippen molar-refractivity contribution in [1.29, 1.82) is 0 Å². The average Bonchev–Trinajstić information content (AvgIpc) is 2.76. The lowest BCUT2D eigenvalue weighted by Crippen LogP contribution is -2.37. The summed E-state index contributed by atoms with van der Waals surface area (Å²) in [7, 11) is -3.68. The predicted octanol–water partition coefficient (Wildman–Crippen LogP) is 5.66. The number of esters is 1. The van der Waals surface area contributed by atoms with E-state index in [0.29, 0.717) is 18.2 Å². The van der Waals surface area contributed by atoms with E-state index in [2.05, 4.69) is 15.9 Å². The maximum absolute atomic E-state index is 13.5. The van der Waals surface area contributed by atoms with Gasteiger partial charge in [-0.2, -0.15) is 4.31 Å². The van der Waals surface area contributed by atoms with E-state index in [1.165, 1.54) is 0 Å². The Morgan fingerprint density at radius 1 is 1.06 bits per heavy atom. The van der Waals surface area contributed by atoms with E-state index < -0.39 is 10.0 Å². The van der Waals surface area contributed by atoms with Crippen LogP contribution in [0.2, 0.25) is 5.02 Å². The van der Waals surface area contributed by atoms with E-state index in [1.807, 2.05) is 19.1 Å². The van der Waals surface area contributed by atoms with Gasteiger partial charge in [-0.25, -0.2) is 8.42 Å². The Balaban J connectivity index is 1.77. The van der Waals surface area contributed by atoms with E-state index in [4.69, 9.17) is 16.3 Å². The van der Waals surface area contributed by atoms with Gasteiger partial charge in [-0.1, -0.05) is 39.7 Å². The first-order chi connectivity index (χ1) is 14.8. The summed E-state index contributed by atoms with van der Waals surface area (Å²) in [6.07, 6.45) is 3.07. The Bertz CT molecular complexity index is 972. The second-order valence-electron chi connectivity index (χ2n) is 7.85. The highest BCUT2D eigenvalue weighted by Gasteiger charge is 2.32. The van der Waals surface area contributed by atoms with Crippen LogP contribution in [0.1, 0.15) is 38.2 Å². The summed E-state index contributed by atoms with van der Waals surface area (Å²) in [6, 6.07) is 13.9. The number of hydrogen-bond acceptors (Lipinski definition) is 4. The van der Waals surface area contributed by atoms with Gasteiger partial charge in [0.15, 0.2) is 0 Å². The lowest BCUT2D eigenvalue weighted by Gasteiger charge is -2.31. The van der Waals surface area contributed by atoms with Crippen molar-refractivity contribution in [1.82, 2.24) is 4.31 Å². The van der Waals surface area contributed by atoms with Gasteiger partial charge in [0, 0.05) is 22.6 Å². The van der Waals surface area contributed by atoms with Crippen molar-refractivity contribution in [3.05, 3.63) is 63.6 Å². The molecular formula is C23H27BrClNO4S. The van der Waals surface area contributed by atoms with Crippen LogP contribution in [-0.4, -0.2) is 31.8 Å². The zero-order chi connectivity index (χ0) is 22.4. The Kier molecular flexibility index (Phi) is 8.56. The molecule has 1 aliphatic rings. The number of ether oxygens (including phenoxy) is 1. The standard InChI is InChI=1S/C23H27BrClNO4S/c1-2-30-23(27)19-7-3-17(4-8-19)15-26(16-18-5-11-21(25)12-6-18)31(28,29)22-13-9-20(24)10-14-22/h5-6,9-14,17,19H,2-4,7-8,15-16H2,1H3. The van der Waals surface area contributed by atoms with Crippen LogP contribution in [0, 0.1) is 11.8 Å². The Morgan fingerprint density at radius 3 is 2.26 bits per heavy atom. The van der Waals surface area contributed by atoms with E-state index in [0.717, 1.165) is 35.7 Å². The molecule has 0 saturated heterocycles. The minimum Gasteiger partial charge on any atom is -0.466 e. The maximum Gasteiger partial charge on any atom is 0.308 e. The predicted molar refractivity (Wildman–Crippen MR) is 125 cm³/mol. The fourth-order valence-corrected chi connectivity index (χ4v) is 5.82. The molecule has 3 rings (SSSR count). The zero-order valence-electron chi connectivity index (χ0n) is 17.5. The molecule has 0 radical (unpaired) electrons. The maximum atomic E-state index is 13.5. The number of nitrogens with zero attached hydrogens (tertiary/aromatic N) is 1. The molecule has 1 aliphatic carbocycles.